The Balaban J connectivity index is 3.70. The average Bonchev–Trinajstić information content (AvgIpc) is 1.87. The van der Waals surface area contributed by atoms with Gasteiger partial charge in [-0.05, 0) is 5.92 Å². The number of alkyl halides is 2. The van der Waals surface area contributed by atoms with Gasteiger partial charge >= 0.3 is 0 Å². The van der Waals surface area contributed by atoms with Crippen molar-refractivity contribution in [3.05, 3.63) is 0 Å². The Labute approximate surface area is 74.9 Å². The van der Waals surface area contributed by atoms with Crippen LogP contribution in [0.5, 0.6) is 0 Å². The molecule has 0 N–H and O–H groups in total. The van der Waals surface area contributed by atoms with Gasteiger partial charge in [0.15, 0.2) is 0 Å². The highest BCUT2D eigenvalue weighted by atomic mass is 33.1. The second kappa shape index (κ2) is 6.12. The van der Waals surface area contributed by atoms with E-state index in [1.807, 2.05) is 20.8 Å². The first-order valence-corrected chi connectivity index (χ1v) is 6.04. The van der Waals surface area contributed by atoms with Crippen LogP contribution in [0.4, 0.5) is 8.78 Å². The van der Waals surface area contributed by atoms with Gasteiger partial charge < -0.3 is 0 Å². The van der Waals surface area contributed by atoms with Crippen LogP contribution in [0.25, 0.3) is 0 Å². The molecule has 0 unspecified atom stereocenters. The van der Waals surface area contributed by atoms with E-state index in [0.717, 1.165) is 5.75 Å². The van der Waals surface area contributed by atoms with Crippen LogP contribution in [0.3, 0.4) is 0 Å². The van der Waals surface area contributed by atoms with Crippen molar-refractivity contribution in [1.82, 2.24) is 0 Å². The average molecular weight is 200 g/mol. The van der Waals surface area contributed by atoms with Crippen LogP contribution in [-0.2, 0) is 0 Å². The van der Waals surface area contributed by atoms with Crippen molar-refractivity contribution in [2.45, 2.75) is 32.4 Å². The highest BCUT2D eigenvalue weighted by Gasteiger charge is 2.24. The van der Waals surface area contributed by atoms with Crippen molar-refractivity contribution in [2.24, 2.45) is 5.92 Å². The van der Waals surface area contributed by atoms with Gasteiger partial charge in [0.05, 0.1) is 5.25 Å². The molecule has 0 aromatic carbocycles. The molecular formula is C7H14F2S2. The molecule has 0 spiro atoms. The van der Waals surface area contributed by atoms with Gasteiger partial charge in [-0.2, -0.15) is 0 Å². The minimum Gasteiger partial charge on any atom is -0.209 e. The first-order chi connectivity index (χ1) is 5.09. The molecule has 0 radical (unpaired) electrons. The fourth-order valence-electron chi connectivity index (χ4n) is 0.591. The van der Waals surface area contributed by atoms with Crippen LogP contribution in [0.1, 0.15) is 20.8 Å². The Morgan fingerprint density at radius 1 is 1.27 bits per heavy atom. The molecule has 0 nitrogen and oxygen atoms in total. The molecule has 0 aliphatic carbocycles. The Morgan fingerprint density at radius 3 is 2.09 bits per heavy atom. The molecule has 4 heteroatoms. The number of halogens is 2. The van der Waals surface area contributed by atoms with E-state index in [1.165, 1.54) is 21.6 Å². The molecule has 11 heavy (non-hydrogen) atoms. The predicted molar refractivity (Wildman–Crippen MR) is 50.4 cm³/mol. The van der Waals surface area contributed by atoms with Gasteiger partial charge in [-0.3, -0.25) is 0 Å². The molecule has 1 atom stereocenters. The fraction of sp³-hybridized carbons (Fsp3) is 1.00. The monoisotopic (exact) mass is 200 g/mol. The topological polar surface area (TPSA) is 0 Å². The first kappa shape index (κ1) is 11.6. The molecular weight excluding hydrogens is 186 g/mol. The molecule has 0 saturated heterocycles. The second-order valence-electron chi connectivity index (χ2n) is 2.55. The molecule has 0 aliphatic heterocycles. The SMILES string of the molecule is CCSS[C@H](C(C)C)C(F)F. The lowest BCUT2D eigenvalue weighted by atomic mass is 10.1. The smallest absolute Gasteiger partial charge is 0.209 e. The third kappa shape index (κ3) is 4.90. The van der Waals surface area contributed by atoms with Crippen molar-refractivity contribution in [2.75, 3.05) is 5.75 Å². The van der Waals surface area contributed by atoms with Gasteiger partial charge in [0.25, 0.3) is 6.43 Å². The first-order valence-electron chi connectivity index (χ1n) is 3.66. The molecule has 0 rings (SSSR count). The summed E-state index contributed by atoms with van der Waals surface area (Å²) >= 11 is 0. The van der Waals surface area contributed by atoms with Crippen molar-refractivity contribution in [3.8, 4) is 0 Å². The third-order valence-corrected chi connectivity index (χ3v) is 4.33. The van der Waals surface area contributed by atoms with Crippen LogP contribution in [-0.4, -0.2) is 17.4 Å². The Hall–Kier alpha value is 0.560. The van der Waals surface area contributed by atoms with E-state index in [9.17, 15) is 8.78 Å². The summed E-state index contributed by atoms with van der Waals surface area (Å²) in [5.41, 5.74) is 0. The molecule has 0 aliphatic rings. The maximum atomic E-state index is 12.2. The molecule has 0 fully saturated rings. The van der Waals surface area contributed by atoms with E-state index in [1.54, 1.807) is 0 Å². The highest BCUT2D eigenvalue weighted by Crippen LogP contribution is 2.34. The summed E-state index contributed by atoms with van der Waals surface area (Å²) in [4.78, 5) is 0. The van der Waals surface area contributed by atoms with Crippen LogP contribution in [0, 0.1) is 5.92 Å². The minimum atomic E-state index is -2.20. The lowest BCUT2D eigenvalue weighted by Gasteiger charge is -2.17. The zero-order valence-corrected chi connectivity index (χ0v) is 8.64. The van der Waals surface area contributed by atoms with E-state index in [0.29, 0.717) is 0 Å². The summed E-state index contributed by atoms with van der Waals surface area (Å²) in [6, 6.07) is 0. The molecule has 0 heterocycles. The molecule has 0 amide bonds. The summed E-state index contributed by atoms with van der Waals surface area (Å²) in [6.45, 7) is 5.64. The Morgan fingerprint density at radius 2 is 1.82 bits per heavy atom. The maximum absolute atomic E-state index is 12.2. The Kier molecular flexibility index (Phi) is 6.43. The second-order valence-corrected chi connectivity index (χ2v) is 5.38. The highest BCUT2D eigenvalue weighted by molar-refractivity contribution is 8.76. The fourth-order valence-corrected chi connectivity index (χ4v) is 2.99. The predicted octanol–water partition coefficient (Wildman–Crippen LogP) is 3.68. The van der Waals surface area contributed by atoms with Gasteiger partial charge in [-0.25, -0.2) is 8.78 Å². The van der Waals surface area contributed by atoms with Crippen LogP contribution >= 0.6 is 21.6 Å². The Bertz CT molecular complexity index is 88.4. The minimum absolute atomic E-state index is 0.0547. The van der Waals surface area contributed by atoms with E-state index in [4.69, 9.17) is 0 Å². The number of rotatable bonds is 5. The molecule has 68 valence electrons. The summed E-state index contributed by atoms with van der Waals surface area (Å²) in [7, 11) is 2.81. The lowest BCUT2D eigenvalue weighted by Crippen LogP contribution is -2.19. The van der Waals surface area contributed by atoms with E-state index < -0.39 is 11.7 Å². The largest absolute Gasteiger partial charge is 0.251 e. The zero-order chi connectivity index (χ0) is 8.85. The van der Waals surface area contributed by atoms with Crippen molar-refractivity contribution in [1.29, 1.82) is 0 Å². The van der Waals surface area contributed by atoms with Crippen molar-refractivity contribution < 1.29 is 8.78 Å². The summed E-state index contributed by atoms with van der Waals surface area (Å²) in [6.07, 6.45) is -2.20. The van der Waals surface area contributed by atoms with Gasteiger partial charge in [0.1, 0.15) is 0 Å². The maximum Gasteiger partial charge on any atom is 0.251 e. The van der Waals surface area contributed by atoms with E-state index in [2.05, 4.69) is 0 Å². The van der Waals surface area contributed by atoms with Crippen molar-refractivity contribution >= 4 is 21.6 Å². The summed E-state index contributed by atoms with van der Waals surface area (Å²) in [5.74, 6) is 0.944. The van der Waals surface area contributed by atoms with Crippen LogP contribution in [0.15, 0.2) is 0 Å². The van der Waals surface area contributed by atoms with Gasteiger partial charge in [0.2, 0.25) is 0 Å². The third-order valence-electron chi connectivity index (χ3n) is 1.20. The van der Waals surface area contributed by atoms with Gasteiger partial charge in [-0.1, -0.05) is 42.4 Å². The summed E-state index contributed by atoms with van der Waals surface area (Å²) in [5, 5.41) is -0.514. The normalized spacial score (nSPS) is 14.5. The van der Waals surface area contributed by atoms with Crippen LogP contribution in [0.2, 0.25) is 0 Å². The number of hydrogen-bond acceptors (Lipinski definition) is 2. The van der Waals surface area contributed by atoms with Gasteiger partial charge in [-0.15, -0.1) is 0 Å². The quantitative estimate of drug-likeness (QED) is 0.621. The molecule has 0 aromatic rings. The molecule has 0 bridgehead atoms. The summed E-state index contributed by atoms with van der Waals surface area (Å²) < 4.78 is 24.5. The van der Waals surface area contributed by atoms with Crippen molar-refractivity contribution in [3.63, 3.8) is 0 Å². The number of hydrogen-bond donors (Lipinski definition) is 0. The lowest BCUT2D eigenvalue weighted by molar-refractivity contribution is 0.130. The molecule has 0 aromatic heterocycles. The van der Waals surface area contributed by atoms with Gasteiger partial charge in [0, 0.05) is 5.75 Å². The standard InChI is InChI=1S/C7H14F2S2/c1-4-10-11-6(5(2)3)7(8)9/h5-7H,4H2,1-3H3/t6-/m1/s1. The van der Waals surface area contributed by atoms with E-state index >= 15 is 0 Å². The zero-order valence-electron chi connectivity index (χ0n) is 7.01. The van der Waals surface area contributed by atoms with E-state index in [-0.39, 0.29) is 5.92 Å². The van der Waals surface area contributed by atoms with Crippen LogP contribution < -0.4 is 0 Å². The molecule has 0 saturated carbocycles.